The quantitative estimate of drug-likeness (QED) is 0.735. The van der Waals surface area contributed by atoms with Crippen molar-refractivity contribution in [3.8, 4) is 0 Å². The highest BCUT2D eigenvalue weighted by atomic mass is 79.9. The summed E-state index contributed by atoms with van der Waals surface area (Å²) in [6.45, 7) is 0.0747. The number of hydrogen-bond donors (Lipinski definition) is 0. The molecule has 1 aliphatic rings. The van der Waals surface area contributed by atoms with E-state index in [1.54, 1.807) is 0 Å². The van der Waals surface area contributed by atoms with Gasteiger partial charge in [-0.05, 0) is 15.9 Å². The zero-order valence-corrected chi connectivity index (χ0v) is 11.4. The van der Waals surface area contributed by atoms with Crippen molar-refractivity contribution in [1.82, 2.24) is 15.2 Å². The Morgan fingerprint density at radius 1 is 1.50 bits per heavy atom. The molecule has 0 aromatic carbocycles. The number of anilines is 1. The minimum absolute atomic E-state index is 0.0391. The van der Waals surface area contributed by atoms with Crippen LogP contribution >= 0.6 is 15.9 Å². The smallest absolute Gasteiger partial charge is 0.279 e. The summed E-state index contributed by atoms with van der Waals surface area (Å²) in [6.07, 6.45) is 1.33. The summed E-state index contributed by atoms with van der Waals surface area (Å²) >= 11 is 3.05. The highest BCUT2D eigenvalue weighted by Crippen LogP contribution is 2.23. The van der Waals surface area contributed by atoms with Crippen molar-refractivity contribution < 1.29 is 17.1 Å². The number of carbonyl (C=O) groups is 1. The first-order chi connectivity index (χ1) is 8.35. The number of carbonyl (C=O) groups excluding carboxylic acids is 1. The first-order valence-corrected chi connectivity index (χ1v) is 7.27. The zero-order chi connectivity index (χ0) is 13.3. The third-order valence-electron chi connectivity index (χ3n) is 2.40. The van der Waals surface area contributed by atoms with Gasteiger partial charge in [-0.3, -0.25) is 9.69 Å². The molecule has 1 atom stereocenters. The molecule has 1 saturated heterocycles. The Labute approximate surface area is 111 Å². The van der Waals surface area contributed by atoms with Crippen molar-refractivity contribution in [1.29, 1.82) is 0 Å². The van der Waals surface area contributed by atoms with Gasteiger partial charge in [-0.25, -0.2) is 4.98 Å². The van der Waals surface area contributed by atoms with Crippen LogP contribution in [0.3, 0.4) is 0 Å². The Bertz CT molecular complexity index is 564. The topological polar surface area (TPSA) is 93.1 Å². The standard InChI is InChI=1S/C8H8BrFN4O3S/c9-6-2-11-8(13-12-6)14-3-5(1-7(14)15)4-18(10,16)17/h2,5H,1,3-4H2. The van der Waals surface area contributed by atoms with Gasteiger partial charge >= 0.3 is 10.2 Å². The van der Waals surface area contributed by atoms with Crippen LogP contribution in [-0.2, 0) is 15.0 Å². The maximum atomic E-state index is 12.5. The summed E-state index contributed by atoms with van der Waals surface area (Å²) in [5, 5.41) is 7.37. The molecule has 0 saturated carbocycles. The number of aromatic nitrogens is 3. The molecular formula is C8H8BrFN4O3S. The Hall–Kier alpha value is -1.16. The van der Waals surface area contributed by atoms with Crippen molar-refractivity contribution in [2.45, 2.75) is 6.42 Å². The second-order valence-electron chi connectivity index (χ2n) is 3.86. The molecule has 2 heterocycles. The average molecular weight is 339 g/mol. The van der Waals surface area contributed by atoms with Gasteiger partial charge in [-0.2, -0.15) is 8.42 Å². The van der Waals surface area contributed by atoms with Crippen LogP contribution in [0.15, 0.2) is 10.8 Å². The van der Waals surface area contributed by atoms with E-state index in [-0.39, 0.29) is 24.8 Å². The fraction of sp³-hybridized carbons (Fsp3) is 0.500. The first-order valence-electron chi connectivity index (χ1n) is 4.93. The fourth-order valence-corrected chi connectivity index (χ4v) is 2.71. The lowest BCUT2D eigenvalue weighted by Gasteiger charge is -2.12. The SMILES string of the molecule is O=C1CC(CS(=O)(=O)F)CN1c1ncc(Br)nn1. The Morgan fingerprint density at radius 3 is 2.78 bits per heavy atom. The van der Waals surface area contributed by atoms with E-state index in [1.807, 2.05) is 0 Å². The van der Waals surface area contributed by atoms with Gasteiger partial charge in [-0.1, -0.05) is 0 Å². The maximum absolute atomic E-state index is 12.5. The molecule has 10 heteroatoms. The molecule has 7 nitrogen and oxygen atoms in total. The van der Waals surface area contributed by atoms with Crippen LogP contribution < -0.4 is 4.90 Å². The van der Waals surface area contributed by atoms with E-state index >= 15 is 0 Å². The molecule has 2 rings (SSSR count). The summed E-state index contributed by atoms with van der Waals surface area (Å²) in [6, 6.07) is 0. The van der Waals surface area contributed by atoms with Crippen LogP contribution in [0.5, 0.6) is 0 Å². The molecule has 98 valence electrons. The molecule has 0 spiro atoms. The van der Waals surface area contributed by atoms with E-state index in [1.165, 1.54) is 11.1 Å². The van der Waals surface area contributed by atoms with E-state index in [4.69, 9.17) is 0 Å². The van der Waals surface area contributed by atoms with Crippen molar-refractivity contribution in [3.05, 3.63) is 10.8 Å². The van der Waals surface area contributed by atoms with Crippen molar-refractivity contribution in [2.75, 3.05) is 17.2 Å². The molecule has 1 aromatic rings. The predicted molar refractivity (Wildman–Crippen MR) is 62.9 cm³/mol. The van der Waals surface area contributed by atoms with Gasteiger partial charge in [0, 0.05) is 18.9 Å². The van der Waals surface area contributed by atoms with Gasteiger partial charge in [0.15, 0.2) is 0 Å². The summed E-state index contributed by atoms with van der Waals surface area (Å²) in [5.74, 6) is -1.51. The molecule has 1 unspecified atom stereocenters. The molecule has 1 amide bonds. The third-order valence-corrected chi connectivity index (χ3v) is 3.64. The summed E-state index contributed by atoms with van der Waals surface area (Å²) in [5.41, 5.74) is 0. The number of hydrogen-bond acceptors (Lipinski definition) is 6. The lowest BCUT2D eigenvalue weighted by Crippen LogP contribution is -2.27. The maximum Gasteiger partial charge on any atom is 0.302 e. The first kappa shape index (κ1) is 13.3. The Kier molecular flexibility index (Phi) is 3.57. The predicted octanol–water partition coefficient (Wildman–Crippen LogP) is 0.286. The molecule has 18 heavy (non-hydrogen) atoms. The minimum atomic E-state index is -4.59. The molecule has 0 N–H and O–H groups in total. The summed E-state index contributed by atoms with van der Waals surface area (Å²) in [4.78, 5) is 16.7. The zero-order valence-electron chi connectivity index (χ0n) is 8.95. The van der Waals surface area contributed by atoms with Gasteiger partial charge < -0.3 is 0 Å². The Morgan fingerprint density at radius 2 is 2.22 bits per heavy atom. The molecule has 1 aromatic heterocycles. The van der Waals surface area contributed by atoms with Crippen molar-refractivity contribution in [3.63, 3.8) is 0 Å². The van der Waals surface area contributed by atoms with Crippen LogP contribution in [0, 0.1) is 5.92 Å². The lowest BCUT2D eigenvalue weighted by molar-refractivity contribution is -0.117. The lowest BCUT2D eigenvalue weighted by atomic mass is 10.1. The second kappa shape index (κ2) is 4.84. The van der Waals surface area contributed by atoms with Crippen LogP contribution in [0.4, 0.5) is 9.83 Å². The summed E-state index contributed by atoms with van der Waals surface area (Å²) in [7, 11) is -4.59. The van der Waals surface area contributed by atoms with Gasteiger partial charge in [0.1, 0.15) is 4.60 Å². The molecular weight excluding hydrogens is 331 g/mol. The van der Waals surface area contributed by atoms with E-state index in [2.05, 4.69) is 31.1 Å². The van der Waals surface area contributed by atoms with Gasteiger partial charge in [-0.15, -0.1) is 14.1 Å². The monoisotopic (exact) mass is 338 g/mol. The normalized spacial score (nSPS) is 20.4. The van der Waals surface area contributed by atoms with Crippen LogP contribution in [0.25, 0.3) is 0 Å². The van der Waals surface area contributed by atoms with E-state index in [0.29, 0.717) is 4.60 Å². The third kappa shape index (κ3) is 3.19. The van der Waals surface area contributed by atoms with Gasteiger partial charge in [0.25, 0.3) is 5.95 Å². The largest absolute Gasteiger partial charge is 0.302 e. The van der Waals surface area contributed by atoms with E-state index in [0.717, 1.165) is 0 Å². The highest BCUT2D eigenvalue weighted by Gasteiger charge is 2.35. The number of amides is 1. The van der Waals surface area contributed by atoms with Crippen molar-refractivity contribution in [2.24, 2.45) is 5.92 Å². The van der Waals surface area contributed by atoms with Crippen LogP contribution in [-0.4, -0.2) is 41.8 Å². The summed E-state index contributed by atoms with van der Waals surface area (Å²) < 4.78 is 34.0. The number of nitrogens with zero attached hydrogens (tertiary/aromatic N) is 4. The van der Waals surface area contributed by atoms with Gasteiger partial charge in [0.05, 0.1) is 11.9 Å². The molecule has 1 aliphatic heterocycles. The Balaban J connectivity index is 2.12. The molecule has 0 aliphatic carbocycles. The molecule has 0 bridgehead atoms. The average Bonchev–Trinajstić information content (AvgIpc) is 2.58. The second-order valence-corrected chi connectivity index (χ2v) is 6.08. The number of rotatable bonds is 3. The van der Waals surface area contributed by atoms with Crippen molar-refractivity contribution >= 4 is 38.0 Å². The fourth-order valence-electron chi connectivity index (χ4n) is 1.75. The number of halogens is 2. The van der Waals surface area contributed by atoms with E-state index < -0.39 is 21.9 Å². The van der Waals surface area contributed by atoms with E-state index in [9.17, 15) is 17.1 Å². The van der Waals surface area contributed by atoms with Crippen LogP contribution in [0.2, 0.25) is 0 Å². The molecule has 1 fully saturated rings. The molecule has 0 radical (unpaired) electrons. The highest BCUT2D eigenvalue weighted by molar-refractivity contribution is 9.10. The minimum Gasteiger partial charge on any atom is -0.279 e. The van der Waals surface area contributed by atoms with Crippen LogP contribution in [0.1, 0.15) is 6.42 Å². The van der Waals surface area contributed by atoms with Gasteiger partial charge in [0.2, 0.25) is 5.91 Å².